The molecule has 0 bridgehead atoms. The van der Waals surface area contributed by atoms with Crippen LogP contribution in [0.4, 0.5) is 0 Å². The first kappa shape index (κ1) is 17.7. The van der Waals surface area contributed by atoms with Crippen molar-refractivity contribution in [3.8, 4) is 0 Å². The van der Waals surface area contributed by atoms with Gasteiger partial charge in [0.2, 0.25) is 5.91 Å². The van der Waals surface area contributed by atoms with Gasteiger partial charge < -0.3 is 19.5 Å². The largest absolute Gasteiger partial charge is 0.375 e. The van der Waals surface area contributed by atoms with Gasteiger partial charge in [0.05, 0.1) is 17.6 Å². The van der Waals surface area contributed by atoms with Gasteiger partial charge in [-0.2, -0.15) is 5.10 Å². The van der Waals surface area contributed by atoms with Gasteiger partial charge >= 0.3 is 0 Å². The molecule has 0 unspecified atom stereocenters. The van der Waals surface area contributed by atoms with Crippen molar-refractivity contribution < 1.29 is 14.3 Å². The maximum atomic E-state index is 12.7. The van der Waals surface area contributed by atoms with Gasteiger partial charge in [-0.15, -0.1) is 0 Å². The normalized spacial score (nSPS) is 18.6. The third-order valence-electron chi connectivity index (χ3n) is 5.63. The number of ether oxygens (including phenoxy) is 1. The lowest BCUT2D eigenvalue weighted by molar-refractivity contribution is -0.145. The summed E-state index contributed by atoms with van der Waals surface area (Å²) in [6, 6.07) is 1.76. The van der Waals surface area contributed by atoms with Crippen LogP contribution in [0.2, 0.25) is 0 Å². The molecule has 144 valence electrons. The molecule has 4 heterocycles. The Kier molecular flexibility index (Phi) is 4.47. The molecule has 2 amide bonds. The van der Waals surface area contributed by atoms with Crippen molar-refractivity contribution in [1.29, 1.82) is 0 Å². The van der Waals surface area contributed by atoms with Gasteiger partial charge in [0, 0.05) is 44.6 Å². The smallest absolute Gasteiger partial charge is 0.274 e. The number of rotatable bonds is 3. The van der Waals surface area contributed by atoms with Gasteiger partial charge in [0.25, 0.3) is 5.91 Å². The number of likely N-dealkylation sites (tertiary alicyclic amines) is 1. The first-order chi connectivity index (χ1) is 13.0. The van der Waals surface area contributed by atoms with Crippen LogP contribution in [0.5, 0.6) is 0 Å². The lowest BCUT2D eigenvalue weighted by Crippen LogP contribution is -2.59. The number of fused-ring (bicyclic) bond motifs is 2. The van der Waals surface area contributed by atoms with Crippen LogP contribution in [0.3, 0.4) is 0 Å². The Bertz CT molecular complexity index is 849. The summed E-state index contributed by atoms with van der Waals surface area (Å²) in [5.41, 5.74) is 2.82. The molecule has 0 saturated carbocycles. The van der Waals surface area contributed by atoms with Crippen LogP contribution < -0.4 is 0 Å². The summed E-state index contributed by atoms with van der Waals surface area (Å²) in [7, 11) is 1.53. The number of carbonyl (C=O) groups is 2. The lowest BCUT2D eigenvalue weighted by Gasteiger charge is -2.50. The summed E-state index contributed by atoms with van der Waals surface area (Å²) in [6.07, 6.45) is 3.74. The van der Waals surface area contributed by atoms with Gasteiger partial charge in [-0.3, -0.25) is 14.7 Å². The zero-order chi connectivity index (χ0) is 19.0. The fraction of sp³-hybridized carbons (Fsp3) is 0.556. The quantitative estimate of drug-likeness (QED) is 0.821. The number of piperidine rings is 1. The number of aromatic amines is 2. The zero-order valence-electron chi connectivity index (χ0n) is 15.6. The molecule has 1 spiro atoms. The van der Waals surface area contributed by atoms with E-state index in [1.54, 1.807) is 17.3 Å². The highest BCUT2D eigenvalue weighted by atomic mass is 16.5. The van der Waals surface area contributed by atoms with E-state index in [2.05, 4.69) is 20.2 Å². The van der Waals surface area contributed by atoms with E-state index in [1.807, 2.05) is 11.8 Å². The number of imidazole rings is 1. The number of aromatic nitrogens is 4. The molecule has 9 nitrogen and oxygen atoms in total. The molecule has 2 aliphatic rings. The maximum Gasteiger partial charge on any atom is 0.274 e. The lowest BCUT2D eigenvalue weighted by atomic mass is 9.78. The number of H-pyrrole nitrogens is 2. The number of methoxy groups -OCH3 is 1. The second-order valence-corrected chi connectivity index (χ2v) is 7.22. The second-order valence-electron chi connectivity index (χ2n) is 7.22. The minimum absolute atomic E-state index is 0.0335. The first-order valence-corrected chi connectivity index (χ1v) is 9.18. The Balaban J connectivity index is 1.58. The Morgan fingerprint density at radius 2 is 2.07 bits per heavy atom. The van der Waals surface area contributed by atoms with Crippen molar-refractivity contribution in [2.75, 3.05) is 33.4 Å². The van der Waals surface area contributed by atoms with Crippen molar-refractivity contribution in [1.82, 2.24) is 30.0 Å². The number of nitrogens with one attached hydrogen (secondary N) is 2. The molecule has 0 aromatic carbocycles. The average Bonchev–Trinajstić information content (AvgIpc) is 3.32. The molecular formula is C18H24N6O3. The van der Waals surface area contributed by atoms with Crippen LogP contribution >= 0.6 is 0 Å². The average molecular weight is 372 g/mol. The Morgan fingerprint density at radius 3 is 2.74 bits per heavy atom. The molecule has 0 radical (unpaired) electrons. The minimum Gasteiger partial charge on any atom is -0.375 e. The standard InChI is InChI=1S/C18H24N6O3/c1-12-9-14(22-21-12)17(26)23-7-4-18(5-8-23)16-13(19-11-20-16)3-6-24(18)15(25)10-27-2/h9,11H,3-8,10H2,1-2H3,(H,19,20)(H,21,22). The number of carbonyl (C=O) groups excluding carboxylic acids is 2. The third kappa shape index (κ3) is 2.91. The number of hydrogen-bond donors (Lipinski definition) is 2. The summed E-state index contributed by atoms with van der Waals surface area (Å²) >= 11 is 0. The minimum atomic E-state index is -0.485. The highest BCUT2D eigenvalue weighted by Crippen LogP contribution is 2.42. The summed E-state index contributed by atoms with van der Waals surface area (Å²) in [4.78, 5) is 36.9. The number of aryl methyl sites for hydroxylation is 1. The van der Waals surface area contributed by atoms with Crippen LogP contribution in [0.15, 0.2) is 12.4 Å². The van der Waals surface area contributed by atoms with Crippen LogP contribution in [0.25, 0.3) is 0 Å². The van der Waals surface area contributed by atoms with Gasteiger partial charge in [0.15, 0.2) is 0 Å². The molecule has 2 aliphatic heterocycles. The van der Waals surface area contributed by atoms with Crippen molar-refractivity contribution in [3.63, 3.8) is 0 Å². The van der Waals surface area contributed by atoms with E-state index in [0.717, 1.165) is 23.5 Å². The molecule has 2 aromatic rings. The van der Waals surface area contributed by atoms with E-state index < -0.39 is 5.54 Å². The fourth-order valence-electron chi connectivity index (χ4n) is 4.32. The molecule has 1 fully saturated rings. The monoisotopic (exact) mass is 372 g/mol. The first-order valence-electron chi connectivity index (χ1n) is 9.18. The Hall–Kier alpha value is -2.68. The molecule has 2 N–H and O–H groups in total. The van der Waals surface area contributed by atoms with Crippen LogP contribution in [-0.2, 0) is 21.5 Å². The van der Waals surface area contributed by atoms with E-state index in [-0.39, 0.29) is 18.4 Å². The molecular weight excluding hydrogens is 348 g/mol. The SMILES string of the molecule is COCC(=O)N1CCc2[nH]cnc2C12CCN(C(=O)c1cc(C)[nH]n1)CC2. The Morgan fingerprint density at radius 1 is 1.30 bits per heavy atom. The van der Waals surface area contributed by atoms with E-state index >= 15 is 0 Å². The third-order valence-corrected chi connectivity index (χ3v) is 5.63. The molecule has 2 aromatic heterocycles. The topological polar surface area (TPSA) is 107 Å². The van der Waals surface area contributed by atoms with Gasteiger partial charge in [-0.25, -0.2) is 4.98 Å². The molecule has 4 rings (SSSR count). The zero-order valence-corrected chi connectivity index (χ0v) is 15.6. The van der Waals surface area contributed by atoms with Crippen LogP contribution in [0.1, 0.15) is 40.4 Å². The van der Waals surface area contributed by atoms with E-state index in [0.29, 0.717) is 38.2 Å². The second kappa shape index (κ2) is 6.80. The molecule has 0 atom stereocenters. The highest BCUT2D eigenvalue weighted by molar-refractivity contribution is 5.92. The molecule has 0 aliphatic carbocycles. The number of hydrogen-bond acceptors (Lipinski definition) is 5. The van der Waals surface area contributed by atoms with E-state index in [1.165, 1.54) is 7.11 Å². The number of nitrogens with zero attached hydrogens (tertiary/aromatic N) is 4. The molecule has 9 heteroatoms. The van der Waals surface area contributed by atoms with Crippen LogP contribution in [-0.4, -0.2) is 75.1 Å². The van der Waals surface area contributed by atoms with Gasteiger partial charge in [-0.1, -0.05) is 0 Å². The maximum absolute atomic E-state index is 12.7. The molecule has 1 saturated heterocycles. The van der Waals surface area contributed by atoms with E-state index in [4.69, 9.17) is 4.74 Å². The van der Waals surface area contributed by atoms with Gasteiger partial charge in [0.1, 0.15) is 12.3 Å². The Labute approximate surface area is 157 Å². The summed E-state index contributed by atoms with van der Waals surface area (Å²) < 4.78 is 5.08. The molecule has 27 heavy (non-hydrogen) atoms. The predicted octanol–water partition coefficient (Wildman–Crippen LogP) is 0.604. The predicted molar refractivity (Wildman–Crippen MR) is 96.0 cm³/mol. The summed E-state index contributed by atoms with van der Waals surface area (Å²) in [5, 5.41) is 6.89. The summed E-state index contributed by atoms with van der Waals surface area (Å²) in [5.74, 6) is -0.115. The summed E-state index contributed by atoms with van der Waals surface area (Å²) in [6.45, 7) is 3.65. The number of amides is 2. The fourth-order valence-corrected chi connectivity index (χ4v) is 4.32. The highest BCUT2D eigenvalue weighted by Gasteiger charge is 2.49. The van der Waals surface area contributed by atoms with Gasteiger partial charge in [-0.05, 0) is 25.8 Å². The van der Waals surface area contributed by atoms with Crippen LogP contribution in [0, 0.1) is 6.92 Å². The van der Waals surface area contributed by atoms with Crippen molar-refractivity contribution in [2.45, 2.75) is 31.7 Å². The van der Waals surface area contributed by atoms with Crippen molar-refractivity contribution in [2.24, 2.45) is 0 Å². The van der Waals surface area contributed by atoms with Crippen molar-refractivity contribution in [3.05, 3.63) is 35.2 Å². The van der Waals surface area contributed by atoms with E-state index in [9.17, 15) is 9.59 Å². The van der Waals surface area contributed by atoms with Crippen molar-refractivity contribution >= 4 is 11.8 Å².